The number of hydrazine groups is 1. The minimum absolute atomic E-state index is 0.00861. The summed E-state index contributed by atoms with van der Waals surface area (Å²) in [7, 11) is 0. The number of benzene rings is 1. The predicted molar refractivity (Wildman–Crippen MR) is 76.0 cm³/mol. The van der Waals surface area contributed by atoms with E-state index in [0.717, 1.165) is 10.9 Å². The van der Waals surface area contributed by atoms with Gasteiger partial charge in [-0.15, -0.1) is 0 Å². The summed E-state index contributed by atoms with van der Waals surface area (Å²) in [6.45, 7) is 3.65. The van der Waals surface area contributed by atoms with Crippen molar-refractivity contribution in [2.24, 2.45) is 0 Å². The highest BCUT2D eigenvalue weighted by Crippen LogP contribution is 2.11. The van der Waals surface area contributed by atoms with Gasteiger partial charge in [0.05, 0.1) is 5.52 Å². The molecule has 0 aliphatic carbocycles. The Bertz CT molecular complexity index is 640. The molecule has 0 unspecified atom stereocenters. The van der Waals surface area contributed by atoms with Gasteiger partial charge in [-0.05, 0) is 26.0 Å². The highest BCUT2D eigenvalue weighted by molar-refractivity contribution is 5.95. The van der Waals surface area contributed by atoms with Gasteiger partial charge in [-0.2, -0.15) is 0 Å². The van der Waals surface area contributed by atoms with Crippen LogP contribution in [0.1, 0.15) is 24.3 Å². The number of carbonyl (C=O) groups is 2. The number of fused-ring (bicyclic) bond motifs is 1. The van der Waals surface area contributed by atoms with Crippen LogP contribution in [-0.2, 0) is 0 Å². The van der Waals surface area contributed by atoms with Gasteiger partial charge >= 0.3 is 6.03 Å². The number of rotatable bonds is 2. The molecular formula is C14H16N4O2. The highest BCUT2D eigenvalue weighted by atomic mass is 16.2. The van der Waals surface area contributed by atoms with E-state index in [1.165, 1.54) is 0 Å². The van der Waals surface area contributed by atoms with Crippen LogP contribution >= 0.6 is 0 Å². The standard InChI is InChI=1S/C14H16N4O2/c1-9(2)15-14(20)18-17-13(19)12-8-7-10-5-3-4-6-11(10)16-12/h3-9H,1-2H3,(H,17,19)(H2,15,18,20). The summed E-state index contributed by atoms with van der Waals surface area (Å²) >= 11 is 0. The van der Waals surface area contributed by atoms with Crippen LogP contribution < -0.4 is 16.2 Å². The number of pyridine rings is 1. The number of urea groups is 1. The number of nitrogens with one attached hydrogen (secondary N) is 3. The Balaban J connectivity index is 2.02. The van der Waals surface area contributed by atoms with Crippen molar-refractivity contribution in [3.63, 3.8) is 0 Å². The second-order valence-corrected chi connectivity index (χ2v) is 4.60. The van der Waals surface area contributed by atoms with E-state index in [1.807, 2.05) is 44.2 Å². The number of carbonyl (C=O) groups excluding carboxylic acids is 2. The quantitative estimate of drug-likeness (QED) is 0.726. The fourth-order valence-corrected chi connectivity index (χ4v) is 1.67. The number of hydrogen-bond donors (Lipinski definition) is 3. The van der Waals surface area contributed by atoms with Crippen molar-refractivity contribution >= 4 is 22.8 Å². The van der Waals surface area contributed by atoms with E-state index < -0.39 is 11.9 Å². The van der Waals surface area contributed by atoms with E-state index >= 15 is 0 Å². The van der Waals surface area contributed by atoms with Crippen molar-refractivity contribution in [2.45, 2.75) is 19.9 Å². The molecule has 2 rings (SSSR count). The van der Waals surface area contributed by atoms with Gasteiger partial charge in [0.25, 0.3) is 5.91 Å². The Hall–Kier alpha value is -2.63. The highest BCUT2D eigenvalue weighted by Gasteiger charge is 2.09. The Morgan fingerprint density at radius 2 is 1.80 bits per heavy atom. The molecule has 0 aliphatic rings. The first kappa shape index (κ1) is 13.8. The molecule has 1 aromatic carbocycles. The maximum atomic E-state index is 11.9. The zero-order chi connectivity index (χ0) is 14.5. The summed E-state index contributed by atoms with van der Waals surface area (Å²) in [6.07, 6.45) is 0. The van der Waals surface area contributed by atoms with Crippen LogP contribution in [0, 0.1) is 0 Å². The third kappa shape index (κ3) is 3.44. The van der Waals surface area contributed by atoms with E-state index in [-0.39, 0.29) is 11.7 Å². The Morgan fingerprint density at radius 1 is 1.05 bits per heavy atom. The zero-order valence-corrected chi connectivity index (χ0v) is 11.3. The predicted octanol–water partition coefficient (Wildman–Crippen LogP) is 1.59. The van der Waals surface area contributed by atoms with Crippen molar-refractivity contribution in [1.29, 1.82) is 0 Å². The second kappa shape index (κ2) is 6.01. The van der Waals surface area contributed by atoms with Crippen LogP contribution in [-0.4, -0.2) is 23.0 Å². The topological polar surface area (TPSA) is 83.1 Å². The minimum atomic E-state index is -0.464. The number of para-hydroxylation sites is 1. The van der Waals surface area contributed by atoms with Gasteiger partial charge in [0.15, 0.2) is 0 Å². The SMILES string of the molecule is CC(C)NC(=O)NNC(=O)c1ccc2ccccc2n1. The molecule has 3 N–H and O–H groups in total. The van der Waals surface area contributed by atoms with Crippen LogP contribution in [0.3, 0.4) is 0 Å². The van der Waals surface area contributed by atoms with E-state index in [2.05, 4.69) is 21.2 Å². The zero-order valence-electron chi connectivity index (χ0n) is 11.3. The average Bonchev–Trinajstić information content (AvgIpc) is 2.43. The Labute approximate surface area is 116 Å². The molecule has 0 saturated heterocycles. The third-order valence-electron chi connectivity index (χ3n) is 2.54. The van der Waals surface area contributed by atoms with Crippen molar-refractivity contribution in [3.8, 4) is 0 Å². The molecule has 6 nitrogen and oxygen atoms in total. The van der Waals surface area contributed by atoms with E-state index in [9.17, 15) is 9.59 Å². The first-order valence-corrected chi connectivity index (χ1v) is 6.29. The van der Waals surface area contributed by atoms with Gasteiger partial charge in [0.1, 0.15) is 5.69 Å². The molecule has 0 bridgehead atoms. The van der Waals surface area contributed by atoms with E-state index in [4.69, 9.17) is 0 Å². The summed E-state index contributed by atoms with van der Waals surface area (Å²) in [5, 5.41) is 3.55. The number of hydrogen-bond acceptors (Lipinski definition) is 3. The smallest absolute Gasteiger partial charge is 0.333 e. The summed E-state index contributed by atoms with van der Waals surface area (Å²) in [5.41, 5.74) is 5.55. The van der Waals surface area contributed by atoms with Crippen LogP contribution in [0.15, 0.2) is 36.4 Å². The maximum absolute atomic E-state index is 11.9. The lowest BCUT2D eigenvalue weighted by Gasteiger charge is -2.10. The lowest BCUT2D eigenvalue weighted by atomic mass is 10.2. The van der Waals surface area contributed by atoms with E-state index in [1.54, 1.807) is 6.07 Å². The molecule has 0 spiro atoms. The fourth-order valence-electron chi connectivity index (χ4n) is 1.67. The second-order valence-electron chi connectivity index (χ2n) is 4.60. The molecule has 3 amide bonds. The molecule has 104 valence electrons. The Kier molecular flexibility index (Phi) is 4.14. The molecule has 6 heteroatoms. The molecule has 0 fully saturated rings. The van der Waals surface area contributed by atoms with E-state index in [0.29, 0.717) is 0 Å². The van der Waals surface area contributed by atoms with Crippen LogP contribution in [0.25, 0.3) is 10.9 Å². The summed E-state index contributed by atoms with van der Waals surface area (Å²) in [6, 6.07) is 10.4. The van der Waals surface area contributed by atoms with Gasteiger partial charge in [-0.1, -0.05) is 24.3 Å². The Morgan fingerprint density at radius 3 is 2.55 bits per heavy atom. The van der Waals surface area contributed by atoms with Crippen LogP contribution in [0.2, 0.25) is 0 Å². The molecule has 0 atom stereocenters. The maximum Gasteiger partial charge on any atom is 0.333 e. The van der Waals surface area contributed by atoms with Gasteiger partial charge in [-0.25, -0.2) is 15.2 Å². The number of nitrogens with zero attached hydrogens (tertiary/aromatic N) is 1. The number of amides is 3. The molecule has 20 heavy (non-hydrogen) atoms. The molecule has 1 heterocycles. The molecule has 0 radical (unpaired) electrons. The minimum Gasteiger partial charge on any atom is -0.335 e. The molecule has 2 aromatic rings. The average molecular weight is 272 g/mol. The molecule has 0 saturated carbocycles. The van der Waals surface area contributed by atoms with Crippen LogP contribution in [0.5, 0.6) is 0 Å². The van der Waals surface area contributed by atoms with Crippen molar-refractivity contribution in [1.82, 2.24) is 21.2 Å². The summed E-state index contributed by atoms with van der Waals surface area (Å²) < 4.78 is 0. The largest absolute Gasteiger partial charge is 0.335 e. The van der Waals surface area contributed by atoms with Gasteiger partial charge in [0.2, 0.25) is 0 Å². The lowest BCUT2D eigenvalue weighted by molar-refractivity contribution is 0.0931. The van der Waals surface area contributed by atoms with Crippen molar-refractivity contribution < 1.29 is 9.59 Å². The molecule has 0 aliphatic heterocycles. The van der Waals surface area contributed by atoms with Gasteiger partial charge < -0.3 is 5.32 Å². The lowest BCUT2D eigenvalue weighted by Crippen LogP contribution is -2.48. The first-order chi connectivity index (χ1) is 9.56. The van der Waals surface area contributed by atoms with Crippen molar-refractivity contribution in [3.05, 3.63) is 42.1 Å². The fraction of sp³-hybridized carbons (Fsp3) is 0.214. The van der Waals surface area contributed by atoms with Gasteiger partial charge in [0, 0.05) is 11.4 Å². The third-order valence-corrected chi connectivity index (χ3v) is 2.54. The first-order valence-electron chi connectivity index (χ1n) is 6.29. The normalized spacial score (nSPS) is 10.3. The number of aromatic nitrogens is 1. The van der Waals surface area contributed by atoms with Crippen LogP contribution in [0.4, 0.5) is 4.79 Å². The van der Waals surface area contributed by atoms with Crippen molar-refractivity contribution in [2.75, 3.05) is 0 Å². The summed E-state index contributed by atoms with van der Waals surface area (Å²) in [5.74, 6) is -0.463. The summed E-state index contributed by atoms with van der Waals surface area (Å²) in [4.78, 5) is 27.4. The molecular weight excluding hydrogens is 256 g/mol. The van der Waals surface area contributed by atoms with Gasteiger partial charge in [-0.3, -0.25) is 10.2 Å². The monoisotopic (exact) mass is 272 g/mol. The molecule has 1 aromatic heterocycles.